The van der Waals surface area contributed by atoms with E-state index in [0.717, 1.165) is 0 Å². The van der Waals surface area contributed by atoms with E-state index in [2.05, 4.69) is 437 Å². The van der Waals surface area contributed by atoms with Gasteiger partial charge in [-0.05, 0) is 171 Å². The zero-order chi connectivity index (χ0) is 82.7. The highest BCUT2D eigenvalue weighted by Crippen LogP contribution is 2.53. The van der Waals surface area contributed by atoms with E-state index in [1.54, 1.807) is 0 Å². The zero-order valence-corrected chi connectivity index (χ0v) is 71.0. The molecular formula is C117H74N6S3. The summed E-state index contributed by atoms with van der Waals surface area (Å²) in [6.07, 6.45) is 0. The standard InChI is InChI=1S/C42H26N2S.C39H26N2S.C36H22N2S/c1-3-11-26(12-4-1)28-21-29(27-13-5-2-6-14-27)23-30(22-28)44-38-18-10-8-16-32(38)35-24-36-34-20-19-33-31-15-7-9-17-37(31)43-41(33)42(34)45-40(36)25-39(35)44;1-39(2)31-12-6-3-9-23(31)24-16-15-22(19-32(24)39)41-34-14-8-5-11-26(34)29-20-30-28-18-17-27-25-10-4-7-13-33(25)40-37(27)38(28)42-36(30)21-35(29)41;1-2-9-22(10-3-1)23-11-8-12-24(19-23)38-32-16-7-5-14-26(32)29-20-30-28-18-17-27-25-13-4-6-15-31(25)37-35(27)36(28)39-34(30)21-33(29)38/h1-25,43H;3-21,40H,1-2H3;1-21,37H. The number of benzene rings is 19. The van der Waals surface area contributed by atoms with Crippen LogP contribution >= 0.6 is 34.0 Å². The Morgan fingerprint density at radius 1 is 0.198 bits per heavy atom. The van der Waals surface area contributed by atoms with Crippen molar-refractivity contribution in [1.29, 1.82) is 0 Å². The molecule has 3 N–H and O–H groups in total. The molecule has 6 nitrogen and oxygen atoms in total. The van der Waals surface area contributed by atoms with Crippen molar-refractivity contribution in [3.63, 3.8) is 0 Å². The Kier molecular flexibility index (Phi) is 15.4. The summed E-state index contributed by atoms with van der Waals surface area (Å²) >= 11 is 5.68. The second-order valence-electron chi connectivity index (χ2n) is 34.4. The van der Waals surface area contributed by atoms with E-state index in [1.807, 2.05) is 34.0 Å². The molecule has 28 aromatic rings. The Morgan fingerprint density at radius 2 is 0.532 bits per heavy atom. The summed E-state index contributed by atoms with van der Waals surface area (Å²) in [5.74, 6) is 0. The molecule has 9 heterocycles. The molecule has 9 aromatic heterocycles. The predicted molar refractivity (Wildman–Crippen MR) is 543 cm³/mol. The molecule has 9 heteroatoms. The van der Waals surface area contributed by atoms with Crippen molar-refractivity contribution in [3.8, 4) is 61.6 Å². The van der Waals surface area contributed by atoms with Gasteiger partial charge in [-0.2, -0.15) is 0 Å². The van der Waals surface area contributed by atoms with Gasteiger partial charge in [0.05, 0.1) is 63.8 Å². The molecular weight excluding hydrogens is 1590 g/mol. The molecule has 0 saturated heterocycles. The first-order valence-electron chi connectivity index (χ1n) is 43.2. The number of hydrogen-bond acceptors (Lipinski definition) is 3. The summed E-state index contributed by atoms with van der Waals surface area (Å²) in [6, 6.07) is 145. The number of hydrogen-bond donors (Lipinski definition) is 3. The monoisotopic (exact) mass is 1660 g/mol. The van der Waals surface area contributed by atoms with Crippen molar-refractivity contribution >= 4 is 225 Å². The molecule has 0 bridgehead atoms. The highest BCUT2D eigenvalue weighted by Gasteiger charge is 2.36. The van der Waals surface area contributed by atoms with E-state index in [0.29, 0.717) is 0 Å². The number of rotatable bonds is 6. The number of fused-ring (bicyclic) bond motifs is 33. The lowest BCUT2D eigenvalue weighted by atomic mass is 9.82. The van der Waals surface area contributed by atoms with E-state index in [4.69, 9.17) is 0 Å². The number of thiophene rings is 3. The van der Waals surface area contributed by atoms with E-state index in [-0.39, 0.29) is 5.41 Å². The van der Waals surface area contributed by atoms with Gasteiger partial charge in [0.15, 0.2) is 0 Å². The number of nitrogens with one attached hydrogen (secondary N) is 3. The van der Waals surface area contributed by atoms with Gasteiger partial charge in [-0.25, -0.2) is 0 Å². The second-order valence-corrected chi connectivity index (χ2v) is 37.5. The van der Waals surface area contributed by atoms with Crippen molar-refractivity contribution in [1.82, 2.24) is 28.7 Å². The summed E-state index contributed by atoms with van der Waals surface area (Å²) in [7, 11) is 0. The Morgan fingerprint density at radius 3 is 0.968 bits per heavy atom. The third kappa shape index (κ3) is 10.7. The van der Waals surface area contributed by atoms with Crippen molar-refractivity contribution < 1.29 is 0 Å². The van der Waals surface area contributed by atoms with Crippen LogP contribution in [0.4, 0.5) is 0 Å². The highest BCUT2D eigenvalue weighted by atomic mass is 32.1. The summed E-state index contributed by atoms with van der Waals surface area (Å²) in [4.78, 5) is 11.2. The van der Waals surface area contributed by atoms with Crippen LogP contribution in [0.25, 0.3) is 253 Å². The predicted octanol–water partition coefficient (Wildman–Crippen LogP) is 33.7. The molecule has 590 valence electrons. The van der Waals surface area contributed by atoms with Gasteiger partial charge in [0, 0.05) is 150 Å². The van der Waals surface area contributed by atoms with Gasteiger partial charge in [0.2, 0.25) is 0 Å². The number of para-hydroxylation sites is 6. The van der Waals surface area contributed by atoms with Gasteiger partial charge < -0.3 is 28.7 Å². The van der Waals surface area contributed by atoms with Crippen LogP contribution in [0, 0.1) is 0 Å². The minimum atomic E-state index is -0.0373. The number of aromatic nitrogens is 6. The molecule has 1 aliphatic carbocycles. The molecule has 0 fully saturated rings. The maximum atomic E-state index is 3.73. The summed E-state index contributed by atoms with van der Waals surface area (Å²) in [6.45, 7) is 4.72. The van der Waals surface area contributed by atoms with Crippen LogP contribution in [0.1, 0.15) is 25.0 Å². The SMILES string of the molecule is CC1(C)c2ccccc2-c2ccc(-n3c4ccccc4c4cc5c(cc43)sc3c5ccc4c5ccccc5[nH]c43)cc21.c1ccc(-c2cc(-c3ccccc3)cc(-n3c4ccccc4c4cc5c(cc43)sc3c5ccc4c5ccccc5[nH]c43)c2)cc1.c1ccc(-c2cccc(-n3c4ccccc4c4cc5c(cc43)sc3c5ccc4c5ccccc5[nH]c43)c2)cc1. The Labute approximate surface area is 734 Å². The Bertz CT molecular complexity index is 9410. The second kappa shape index (κ2) is 27.3. The number of nitrogens with zero attached hydrogens (tertiary/aromatic N) is 3. The third-order valence-electron chi connectivity index (χ3n) is 27.2. The van der Waals surface area contributed by atoms with Crippen LogP contribution in [0.2, 0.25) is 0 Å². The first-order valence-corrected chi connectivity index (χ1v) is 45.7. The fraction of sp³-hybridized carbons (Fsp3) is 0.0256. The van der Waals surface area contributed by atoms with Gasteiger partial charge in [0.25, 0.3) is 0 Å². The lowest BCUT2D eigenvalue weighted by Crippen LogP contribution is -2.15. The van der Waals surface area contributed by atoms with E-state index in [9.17, 15) is 0 Å². The van der Waals surface area contributed by atoms with Crippen LogP contribution < -0.4 is 0 Å². The van der Waals surface area contributed by atoms with Crippen molar-refractivity contribution in [3.05, 3.63) is 405 Å². The maximum Gasteiger partial charge on any atom is 0.0646 e. The topological polar surface area (TPSA) is 62.2 Å². The molecule has 0 aliphatic heterocycles. The first kappa shape index (κ1) is 71.2. The molecule has 0 unspecified atom stereocenters. The third-order valence-corrected chi connectivity index (χ3v) is 30.7. The normalized spacial score (nSPS) is 12.7. The van der Waals surface area contributed by atoms with Crippen molar-refractivity contribution in [2.75, 3.05) is 0 Å². The average molecular weight is 1660 g/mol. The maximum absolute atomic E-state index is 3.73. The van der Waals surface area contributed by atoms with Gasteiger partial charge in [0.1, 0.15) is 0 Å². The van der Waals surface area contributed by atoms with Gasteiger partial charge in [-0.15, -0.1) is 34.0 Å². The minimum absolute atomic E-state index is 0.0373. The van der Waals surface area contributed by atoms with Crippen LogP contribution in [-0.4, -0.2) is 28.7 Å². The summed E-state index contributed by atoms with van der Waals surface area (Å²) < 4.78 is 15.3. The van der Waals surface area contributed by atoms with Crippen molar-refractivity contribution in [2.24, 2.45) is 0 Å². The Balaban J connectivity index is 0.0000000985. The largest absolute Gasteiger partial charge is 0.353 e. The smallest absolute Gasteiger partial charge is 0.0646 e. The summed E-state index contributed by atoms with van der Waals surface area (Å²) in [5, 5.41) is 23.4. The average Bonchev–Trinajstić information content (AvgIpc) is 1.56. The van der Waals surface area contributed by atoms with Crippen LogP contribution in [-0.2, 0) is 5.41 Å². The molecule has 0 saturated carbocycles. The van der Waals surface area contributed by atoms with Gasteiger partial charge >= 0.3 is 0 Å². The Hall–Kier alpha value is -15.4. The minimum Gasteiger partial charge on any atom is -0.353 e. The van der Waals surface area contributed by atoms with Gasteiger partial charge in [-0.1, -0.05) is 293 Å². The quantitative estimate of drug-likeness (QED) is 0.149. The van der Waals surface area contributed by atoms with Crippen LogP contribution in [0.3, 0.4) is 0 Å². The molecule has 0 atom stereocenters. The van der Waals surface area contributed by atoms with E-state index >= 15 is 0 Å². The van der Waals surface area contributed by atoms with Gasteiger partial charge in [-0.3, -0.25) is 0 Å². The molecule has 29 rings (SSSR count). The molecule has 126 heavy (non-hydrogen) atoms. The summed E-state index contributed by atoms with van der Waals surface area (Å²) in [5.41, 5.74) is 31.1. The molecule has 0 spiro atoms. The first-order chi connectivity index (χ1) is 62.2. The lowest BCUT2D eigenvalue weighted by molar-refractivity contribution is 0.660. The lowest BCUT2D eigenvalue weighted by Gasteiger charge is -2.22. The van der Waals surface area contributed by atoms with Crippen LogP contribution in [0.5, 0.6) is 0 Å². The molecule has 0 radical (unpaired) electrons. The van der Waals surface area contributed by atoms with Crippen molar-refractivity contribution in [2.45, 2.75) is 19.3 Å². The number of aromatic amines is 3. The van der Waals surface area contributed by atoms with E-state index in [1.165, 1.54) is 264 Å². The molecule has 1 aliphatic rings. The molecule has 19 aromatic carbocycles. The van der Waals surface area contributed by atoms with E-state index < -0.39 is 0 Å². The van der Waals surface area contributed by atoms with Crippen LogP contribution in [0.15, 0.2) is 394 Å². The fourth-order valence-corrected chi connectivity index (χ4v) is 25.0. The number of H-pyrrole nitrogens is 3. The zero-order valence-electron chi connectivity index (χ0n) is 68.6. The highest BCUT2D eigenvalue weighted by molar-refractivity contribution is 7.27. The fourth-order valence-electron chi connectivity index (χ4n) is 21.3. The molecule has 0 amide bonds.